The number of piperidine rings is 1. The van der Waals surface area contributed by atoms with Crippen molar-refractivity contribution in [2.75, 3.05) is 27.2 Å². The monoisotopic (exact) mass is 396 g/mol. The molecule has 154 valence electrons. The summed E-state index contributed by atoms with van der Waals surface area (Å²) in [4.78, 5) is 17.8. The topological polar surface area (TPSA) is 73.2 Å². The van der Waals surface area contributed by atoms with Crippen LogP contribution in [0.5, 0.6) is 11.5 Å². The first-order valence-corrected chi connectivity index (χ1v) is 10.7. The molecule has 4 atom stereocenters. The third-order valence-electron chi connectivity index (χ3n) is 7.94. The largest absolute Gasteiger partial charge is 0.504 e. The molecule has 0 aromatic heterocycles. The molecule has 5 aliphatic rings. The summed E-state index contributed by atoms with van der Waals surface area (Å²) in [5.41, 5.74) is 0.784. The molecule has 6 nitrogen and oxygen atoms in total. The zero-order valence-corrected chi connectivity index (χ0v) is 17.0. The lowest BCUT2D eigenvalue weighted by Gasteiger charge is -2.62. The van der Waals surface area contributed by atoms with Crippen molar-refractivity contribution in [3.8, 4) is 11.5 Å². The van der Waals surface area contributed by atoms with E-state index in [1.54, 1.807) is 6.07 Å². The lowest BCUT2D eigenvalue weighted by Crippen LogP contribution is -2.77. The number of phenolic OH excluding ortho intramolecular Hbond substituents is 1. The van der Waals surface area contributed by atoms with Crippen LogP contribution >= 0.6 is 0 Å². The van der Waals surface area contributed by atoms with E-state index in [1.165, 1.54) is 12.8 Å². The van der Waals surface area contributed by atoms with E-state index in [4.69, 9.17) is 4.74 Å². The highest BCUT2D eigenvalue weighted by molar-refractivity contribution is 6.03. The minimum absolute atomic E-state index is 0.0374. The molecule has 0 unspecified atom stereocenters. The molecule has 2 saturated carbocycles. The Hall–Kier alpha value is -2.05. The average molecular weight is 396 g/mol. The molecule has 0 amide bonds. The van der Waals surface area contributed by atoms with Crippen LogP contribution in [-0.2, 0) is 16.6 Å². The Morgan fingerprint density at radius 1 is 1.34 bits per heavy atom. The maximum absolute atomic E-state index is 13.5. The first-order valence-electron chi connectivity index (χ1n) is 10.7. The molecule has 6 rings (SSSR count). The SMILES string of the molecule is CN(C)/C=C1\C[C@@]2(O)[C@H]3Cc4ccc(O)c5c4[C@@]2(CCN3CC2CC2)[C@@H](O5)C1=O. The van der Waals surface area contributed by atoms with Crippen molar-refractivity contribution >= 4 is 5.78 Å². The average Bonchev–Trinajstić information content (AvgIpc) is 3.39. The van der Waals surface area contributed by atoms with Crippen molar-refractivity contribution in [2.45, 2.75) is 55.3 Å². The van der Waals surface area contributed by atoms with Gasteiger partial charge in [-0.2, -0.15) is 0 Å². The third-order valence-corrected chi connectivity index (χ3v) is 7.94. The van der Waals surface area contributed by atoms with Crippen molar-refractivity contribution in [3.05, 3.63) is 35.0 Å². The van der Waals surface area contributed by atoms with Crippen LogP contribution in [0.1, 0.15) is 36.8 Å². The highest BCUT2D eigenvalue weighted by Gasteiger charge is 2.74. The third kappa shape index (κ3) is 2.11. The van der Waals surface area contributed by atoms with Gasteiger partial charge in [-0.15, -0.1) is 0 Å². The van der Waals surface area contributed by atoms with Gasteiger partial charge in [0, 0.05) is 50.4 Å². The Kier molecular flexibility index (Phi) is 3.40. The van der Waals surface area contributed by atoms with Gasteiger partial charge in [0.15, 0.2) is 17.6 Å². The minimum Gasteiger partial charge on any atom is -0.504 e. The van der Waals surface area contributed by atoms with Gasteiger partial charge >= 0.3 is 0 Å². The van der Waals surface area contributed by atoms with Crippen LogP contribution in [0.25, 0.3) is 0 Å². The lowest BCUT2D eigenvalue weighted by atomic mass is 9.48. The minimum atomic E-state index is -1.08. The molecule has 2 N–H and O–H groups in total. The number of aromatic hydroxyl groups is 1. The van der Waals surface area contributed by atoms with Crippen LogP contribution in [0.4, 0.5) is 0 Å². The van der Waals surface area contributed by atoms with E-state index in [0.29, 0.717) is 24.2 Å². The van der Waals surface area contributed by atoms with E-state index in [9.17, 15) is 15.0 Å². The zero-order valence-electron chi connectivity index (χ0n) is 17.0. The lowest BCUT2D eigenvalue weighted by molar-refractivity contribution is -0.180. The van der Waals surface area contributed by atoms with Gasteiger partial charge in [0.05, 0.1) is 11.0 Å². The molecule has 1 aromatic rings. The number of carbonyl (C=O) groups excluding carboxylic acids is 1. The number of aliphatic hydroxyl groups is 1. The summed E-state index contributed by atoms with van der Waals surface area (Å²) in [7, 11) is 3.79. The number of carbonyl (C=O) groups is 1. The fourth-order valence-electron chi connectivity index (χ4n) is 6.61. The number of hydrogen-bond acceptors (Lipinski definition) is 6. The Morgan fingerprint density at radius 3 is 2.86 bits per heavy atom. The van der Waals surface area contributed by atoms with E-state index in [0.717, 1.165) is 36.6 Å². The van der Waals surface area contributed by atoms with E-state index in [2.05, 4.69) is 4.90 Å². The van der Waals surface area contributed by atoms with Gasteiger partial charge in [-0.25, -0.2) is 0 Å². The fraction of sp³-hybridized carbons (Fsp3) is 0.609. The van der Waals surface area contributed by atoms with Crippen molar-refractivity contribution < 1.29 is 19.7 Å². The van der Waals surface area contributed by atoms with Crippen LogP contribution in [0.3, 0.4) is 0 Å². The van der Waals surface area contributed by atoms with Crippen molar-refractivity contribution in [1.29, 1.82) is 0 Å². The van der Waals surface area contributed by atoms with Crippen LogP contribution < -0.4 is 4.74 Å². The second kappa shape index (κ2) is 5.55. The molecule has 3 fully saturated rings. The second-order valence-corrected chi connectivity index (χ2v) is 9.91. The van der Waals surface area contributed by atoms with Gasteiger partial charge < -0.3 is 19.8 Å². The molecule has 1 spiro atoms. The molecule has 2 bridgehead atoms. The number of ether oxygens (including phenoxy) is 1. The molecular weight excluding hydrogens is 368 g/mol. The quantitative estimate of drug-likeness (QED) is 0.756. The van der Waals surface area contributed by atoms with Crippen molar-refractivity contribution in [1.82, 2.24) is 9.80 Å². The van der Waals surface area contributed by atoms with E-state index in [1.807, 2.05) is 31.3 Å². The molecule has 0 radical (unpaired) electrons. The van der Waals surface area contributed by atoms with Crippen LogP contribution in [0.15, 0.2) is 23.9 Å². The maximum atomic E-state index is 13.5. The molecular formula is C23H28N2O4. The van der Waals surface area contributed by atoms with Crippen molar-refractivity contribution in [2.24, 2.45) is 5.92 Å². The number of rotatable bonds is 3. The smallest absolute Gasteiger partial charge is 0.201 e. The van der Waals surface area contributed by atoms with E-state index >= 15 is 0 Å². The summed E-state index contributed by atoms with van der Waals surface area (Å²) in [5.74, 6) is 1.17. The Morgan fingerprint density at radius 2 is 2.14 bits per heavy atom. The summed E-state index contributed by atoms with van der Waals surface area (Å²) in [6.07, 6.45) is 5.37. The normalized spacial score (nSPS) is 38.7. The summed E-state index contributed by atoms with van der Waals surface area (Å²) in [6.45, 7) is 1.88. The number of ketones is 1. The highest BCUT2D eigenvalue weighted by Crippen LogP contribution is 2.65. The van der Waals surface area contributed by atoms with Crippen LogP contribution in [-0.4, -0.2) is 70.7 Å². The Labute approximate surface area is 170 Å². The summed E-state index contributed by atoms with van der Waals surface area (Å²) in [5, 5.41) is 22.9. The van der Waals surface area contributed by atoms with Crippen LogP contribution in [0, 0.1) is 5.92 Å². The maximum Gasteiger partial charge on any atom is 0.201 e. The molecule has 2 aliphatic heterocycles. The number of likely N-dealkylation sites (tertiary alicyclic amines) is 1. The van der Waals surface area contributed by atoms with Gasteiger partial charge in [-0.3, -0.25) is 9.69 Å². The summed E-state index contributed by atoms with van der Waals surface area (Å²) >= 11 is 0. The molecule has 3 aliphatic carbocycles. The fourth-order valence-corrected chi connectivity index (χ4v) is 6.61. The number of hydrogen-bond donors (Lipinski definition) is 2. The zero-order chi connectivity index (χ0) is 20.1. The number of benzene rings is 1. The first kappa shape index (κ1) is 17.8. The summed E-state index contributed by atoms with van der Waals surface area (Å²) < 4.78 is 6.19. The van der Waals surface area contributed by atoms with Gasteiger partial charge in [0.1, 0.15) is 0 Å². The second-order valence-electron chi connectivity index (χ2n) is 9.91. The predicted molar refractivity (Wildman–Crippen MR) is 107 cm³/mol. The van der Waals surface area contributed by atoms with Gasteiger partial charge in [-0.05, 0) is 49.8 Å². The molecule has 2 heterocycles. The molecule has 29 heavy (non-hydrogen) atoms. The van der Waals surface area contributed by atoms with Crippen LogP contribution in [0.2, 0.25) is 0 Å². The Balaban J connectivity index is 1.57. The molecule has 6 heteroatoms. The van der Waals surface area contributed by atoms with E-state index in [-0.39, 0.29) is 17.6 Å². The number of phenols is 1. The highest BCUT2D eigenvalue weighted by atomic mass is 16.5. The molecule has 1 saturated heterocycles. The predicted octanol–water partition coefficient (Wildman–Crippen LogP) is 1.58. The molecule has 1 aromatic carbocycles. The first-order chi connectivity index (χ1) is 13.8. The van der Waals surface area contributed by atoms with Gasteiger partial charge in [0.25, 0.3) is 0 Å². The number of nitrogens with zero attached hydrogens (tertiary/aromatic N) is 2. The van der Waals surface area contributed by atoms with Gasteiger partial charge in [0.2, 0.25) is 5.78 Å². The Bertz CT molecular complexity index is 952. The van der Waals surface area contributed by atoms with Crippen molar-refractivity contribution in [3.63, 3.8) is 0 Å². The standard InChI is InChI=1S/C23H28N2O4/c1-24(2)12-15-10-23(28)17-9-14-5-6-16(26)20-18(14)22(23,21(29-20)19(15)27)7-8-25(17)11-13-3-4-13/h5-6,12-13,17,21,26,28H,3-4,7-11H2,1-2H3/b15-12+/t17-,21+,22+,23-/m1/s1. The van der Waals surface area contributed by atoms with E-state index < -0.39 is 17.1 Å². The number of Topliss-reactive ketones (excluding diaryl/α,β-unsaturated/α-hetero) is 1. The van der Waals surface area contributed by atoms with Gasteiger partial charge in [-0.1, -0.05) is 6.07 Å². The summed E-state index contributed by atoms with van der Waals surface area (Å²) in [6, 6.07) is 3.60.